The highest BCUT2D eigenvalue weighted by Gasteiger charge is 2.16. The molecule has 0 aliphatic carbocycles. The van der Waals surface area contributed by atoms with E-state index in [0.29, 0.717) is 17.8 Å². The first-order valence-corrected chi connectivity index (χ1v) is 7.18. The maximum absolute atomic E-state index is 12.0. The van der Waals surface area contributed by atoms with Gasteiger partial charge in [-0.25, -0.2) is 0 Å². The molecule has 2 rings (SSSR count). The number of anilines is 1. The fraction of sp³-hybridized carbons (Fsp3) is 0.333. The van der Waals surface area contributed by atoms with Crippen molar-refractivity contribution in [3.63, 3.8) is 0 Å². The Balaban J connectivity index is 1.89. The smallest absolute Gasteiger partial charge is 0.251 e. The number of nitrogens with zero attached hydrogens (tertiary/aromatic N) is 2. The fourth-order valence-electron chi connectivity index (χ4n) is 2.08. The molecule has 0 radical (unpaired) electrons. The molecule has 1 unspecified atom stereocenters. The number of hydrogen-bond donors (Lipinski definition) is 4. The van der Waals surface area contributed by atoms with E-state index in [1.807, 2.05) is 0 Å². The van der Waals surface area contributed by atoms with E-state index < -0.39 is 5.84 Å². The Hall–Kier alpha value is -2.92. The third-order valence-electron chi connectivity index (χ3n) is 3.32. The summed E-state index contributed by atoms with van der Waals surface area (Å²) in [6.07, 6.45) is 2.11. The Morgan fingerprint density at radius 3 is 2.78 bits per heavy atom. The van der Waals surface area contributed by atoms with Crippen LogP contribution in [0.1, 0.15) is 23.2 Å². The molecule has 1 fully saturated rings. The summed E-state index contributed by atoms with van der Waals surface area (Å²) >= 11 is 0. The lowest BCUT2D eigenvalue weighted by molar-refractivity contribution is 0.0858. The topological polar surface area (TPSA) is 136 Å². The lowest BCUT2D eigenvalue weighted by atomic mass is 10.2. The Morgan fingerprint density at radius 1 is 1.48 bits per heavy atom. The van der Waals surface area contributed by atoms with Gasteiger partial charge in [-0.15, -0.1) is 0 Å². The van der Waals surface area contributed by atoms with Crippen LogP contribution in [-0.4, -0.2) is 36.7 Å². The van der Waals surface area contributed by atoms with Crippen molar-refractivity contribution >= 4 is 23.1 Å². The summed E-state index contributed by atoms with van der Waals surface area (Å²) in [5.41, 5.74) is 8.69. The van der Waals surface area contributed by atoms with Gasteiger partial charge in [-0.1, -0.05) is 0 Å². The van der Waals surface area contributed by atoms with Gasteiger partial charge < -0.3 is 15.8 Å². The summed E-state index contributed by atoms with van der Waals surface area (Å²) in [7, 11) is 0. The van der Waals surface area contributed by atoms with E-state index >= 15 is 0 Å². The van der Waals surface area contributed by atoms with E-state index in [9.17, 15) is 4.79 Å². The van der Waals surface area contributed by atoms with Gasteiger partial charge in [-0.05, 0) is 37.1 Å². The van der Waals surface area contributed by atoms with Crippen LogP contribution < -0.4 is 16.5 Å². The van der Waals surface area contributed by atoms with Gasteiger partial charge in [0.05, 0.1) is 11.8 Å². The largest absolute Gasteiger partial charge is 0.382 e. The Bertz CT molecular complexity index is 641. The predicted octanol–water partition coefficient (Wildman–Crippen LogP) is 0.823. The third-order valence-corrected chi connectivity index (χ3v) is 3.32. The van der Waals surface area contributed by atoms with E-state index in [4.69, 9.17) is 21.1 Å². The fourth-order valence-corrected chi connectivity index (χ4v) is 2.08. The molecule has 0 aromatic heterocycles. The normalized spacial score (nSPS) is 17.3. The first-order chi connectivity index (χ1) is 11.1. The summed E-state index contributed by atoms with van der Waals surface area (Å²) in [6, 6.07) is 8.29. The molecule has 8 nitrogen and oxygen atoms in total. The zero-order chi connectivity index (χ0) is 16.7. The first kappa shape index (κ1) is 16.5. The molecule has 1 amide bonds. The highest BCUT2D eigenvalue weighted by atomic mass is 16.5. The molecular weight excluding hydrogens is 296 g/mol. The van der Waals surface area contributed by atoms with Gasteiger partial charge in [0, 0.05) is 18.7 Å². The minimum atomic E-state index is -0.412. The molecule has 0 spiro atoms. The molecular formula is C15H18N6O2. The summed E-state index contributed by atoms with van der Waals surface area (Å²) in [4.78, 5) is 12.0. The van der Waals surface area contributed by atoms with Crippen LogP contribution in [0, 0.1) is 16.7 Å². The van der Waals surface area contributed by atoms with Crippen molar-refractivity contribution in [2.75, 3.05) is 18.6 Å². The third kappa shape index (κ3) is 4.79. The first-order valence-electron chi connectivity index (χ1n) is 7.18. The highest BCUT2D eigenvalue weighted by molar-refractivity contribution is 6.45. The molecule has 1 aromatic rings. The van der Waals surface area contributed by atoms with Gasteiger partial charge in [-0.2, -0.15) is 10.4 Å². The lowest BCUT2D eigenvalue weighted by Crippen LogP contribution is -2.31. The van der Waals surface area contributed by atoms with Gasteiger partial charge in [-0.3, -0.25) is 15.6 Å². The molecule has 1 saturated heterocycles. The zero-order valence-electron chi connectivity index (χ0n) is 12.5. The average molecular weight is 314 g/mol. The Kier molecular flexibility index (Phi) is 5.66. The molecule has 5 N–H and O–H groups in total. The van der Waals surface area contributed by atoms with Crippen LogP contribution in [0.5, 0.6) is 0 Å². The number of carbonyl (C=O) groups excluding carboxylic acids is 1. The monoisotopic (exact) mass is 314 g/mol. The van der Waals surface area contributed by atoms with E-state index in [1.54, 1.807) is 30.3 Å². The Morgan fingerprint density at radius 2 is 2.22 bits per heavy atom. The Labute approximate surface area is 133 Å². The number of nitrogens with two attached hydrogens (primary N) is 1. The van der Waals surface area contributed by atoms with Gasteiger partial charge >= 0.3 is 0 Å². The van der Waals surface area contributed by atoms with Gasteiger partial charge in [0.15, 0.2) is 5.84 Å². The molecule has 0 bridgehead atoms. The summed E-state index contributed by atoms with van der Waals surface area (Å²) in [6.45, 7) is 1.26. The number of rotatable bonds is 6. The quantitative estimate of drug-likeness (QED) is 0.350. The molecule has 8 heteroatoms. The molecule has 120 valence electrons. The van der Waals surface area contributed by atoms with Crippen LogP contribution in [0.3, 0.4) is 0 Å². The maximum atomic E-state index is 12.0. The van der Waals surface area contributed by atoms with Crippen LogP contribution in [0.2, 0.25) is 0 Å². The number of amidine groups is 1. The number of nitrogens with one attached hydrogen (secondary N) is 3. The molecule has 23 heavy (non-hydrogen) atoms. The molecule has 1 aromatic carbocycles. The number of carbonyl (C=O) groups is 1. The number of nitriles is 1. The SMILES string of the molecule is N#C/C(=N\Nc1ccc(C(=O)NCC2CCCO2)cc1)C(=N)N. The van der Waals surface area contributed by atoms with Crippen molar-refractivity contribution in [3.05, 3.63) is 29.8 Å². The average Bonchev–Trinajstić information content (AvgIpc) is 3.07. The second-order valence-electron chi connectivity index (χ2n) is 5.02. The number of hydrogen-bond acceptors (Lipinski definition) is 6. The molecule has 1 aliphatic rings. The maximum Gasteiger partial charge on any atom is 0.251 e. The zero-order valence-corrected chi connectivity index (χ0v) is 12.5. The lowest BCUT2D eigenvalue weighted by Gasteiger charge is -2.11. The van der Waals surface area contributed by atoms with E-state index in [2.05, 4.69) is 15.8 Å². The van der Waals surface area contributed by atoms with Crippen LogP contribution in [-0.2, 0) is 4.74 Å². The predicted molar refractivity (Wildman–Crippen MR) is 86.3 cm³/mol. The van der Waals surface area contributed by atoms with Crippen molar-refractivity contribution in [2.24, 2.45) is 10.8 Å². The van der Waals surface area contributed by atoms with E-state index in [1.165, 1.54) is 0 Å². The standard InChI is InChI=1S/C15H18N6O2/c16-8-13(14(17)18)21-20-11-5-3-10(4-6-11)15(22)19-9-12-2-1-7-23-12/h3-6,12,20H,1-2,7,9H2,(H3,17,18)(H,19,22)/b21-13+. The molecule has 1 atom stereocenters. The summed E-state index contributed by atoms with van der Waals surface area (Å²) < 4.78 is 5.45. The van der Waals surface area contributed by atoms with Crippen molar-refractivity contribution in [1.82, 2.24) is 5.32 Å². The van der Waals surface area contributed by atoms with Gasteiger partial charge in [0.2, 0.25) is 5.71 Å². The minimum absolute atomic E-state index is 0.102. The molecule has 1 aliphatic heterocycles. The van der Waals surface area contributed by atoms with Crippen molar-refractivity contribution in [2.45, 2.75) is 18.9 Å². The van der Waals surface area contributed by atoms with Crippen LogP contribution in [0.4, 0.5) is 5.69 Å². The second kappa shape index (κ2) is 7.91. The van der Waals surface area contributed by atoms with Crippen LogP contribution in [0.15, 0.2) is 29.4 Å². The highest BCUT2D eigenvalue weighted by Crippen LogP contribution is 2.12. The van der Waals surface area contributed by atoms with Gasteiger partial charge in [0.1, 0.15) is 6.07 Å². The number of hydrazone groups is 1. The molecule has 0 saturated carbocycles. The number of benzene rings is 1. The summed E-state index contributed by atoms with van der Waals surface area (Å²) in [5.74, 6) is -0.581. The second-order valence-corrected chi connectivity index (χ2v) is 5.02. The van der Waals surface area contributed by atoms with Crippen LogP contribution in [0.25, 0.3) is 0 Å². The molecule has 1 heterocycles. The van der Waals surface area contributed by atoms with Crippen molar-refractivity contribution in [3.8, 4) is 6.07 Å². The number of amides is 1. The van der Waals surface area contributed by atoms with E-state index in [-0.39, 0.29) is 17.7 Å². The van der Waals surface area contributed by atoms with Crippen molar-refractivity contribution in [1.29, 1.82) is 10.7 Å². The van der Waals surface area contributed by atoms with Crippen molar-refractivity contribution < 1.29 is 9.53 Å². The minimum Gasteiger partial charge on any atom is -0.382 e. The van der Waals surface area contributed by atoms with Gasteiger partial charge in [0.25, 0.3) is 5.91 Å². The van der Waals surface area contributed by atoms with Crippen LogP contribution >= 0.6 is 0 Å². The van der Waals surface area contributed by atoms with E-state index in [0.717, 1.165) is 19.4 Å². The summed E-state index contributed by atoms with van der Waals surface area (Å²) in [5, 5.41) is 22.4. The number of ether oxygens (including phenoxy) is 1.